The number of carbonyl (C=O) groups excluding carboxylic acids is 1. The van der Waals surface area contributed by atoms with Gasteiger partial charge in [0, 0.05) is 0 Å². The molecule has 1 aromatic carbocycles. The number of hydrogen-bond donors (Lipinski definition) is 2. The summed E-state index contributed by atoms with van der Waals surface area (Å²) in [5, 5.41) is 10.1. The molecular weight excluding hydrogens is 380 g/mol. The van der Waals surface area contributed by atoms with Gasteiger partial charge in [-0.15, -0.1) is 11.3 Å². The van der Waals surface area contributed by atoms with Crippen LogP contribution in [0.4, 0.5) is 14.9 Å². The molecule has 0 fully saturated rings. The molecule has 0 saturated carbocycles. The molecule has 0 radical (unpaired) electrons. The van der Waals surface area contributed by atoms with Gasteiger partial charge in [0.05, 0.1) is 18.2 Å². The molecule has 0 atom stereocenters. The van der Waals surface area contributed by atoms with E-state index in [4.69, 9.17) is 0 Å². The Kier molecular flexibility index (Phi) is 6.20. The summed E-state index contributed by atoms with van der Waals surface area (Å²) in [6.45, 7) is 4.33. The molecule has 0 bridgehead atoms. The van der Waals surface area contributed by atoms with Crippen LogP contribution in [0, 0.1) is 0 Å². The molecule has 1 amide bonds. The van der Waals surface area contributed by atoms with E-state index < -0.39 is 6.09 Å². The maximum atomic E-state index is 11.6. The van der Waals surface area contributed by atoms with E-state index in [-0.39, 0.29) is 0 Å². The van der Waals surface area contributed by atoms with Gasteiger partial charge in [-0.2, -0.15) is 5.10 Å². The molecule has 3 aromatic rings. The van der Waals surface area contributed by atoms with E-state index in [1.165, 1.54) is 24.0 Å². The first-order chi connectivity index (χ1) is 13.1. The lowest BCUT2D eigenvalue weighted by atomic mass is 10.0. The number of nitrogens with zero attached hydrogens (tertiary/aromatic N) is 2. The smallest absolute Gasteiger partial charge is 0.412 e. The lowest BCUT2D eigenvalue weighted by Crippen LogP contribution is -2.10. The number of benzene rings is 1. The average Bonchev–Trinajstić information content (AvgIpc) is 3.32. The maximum Gasteiger partial charge on any atom is 0.412 e. The number of carbonyl (C=O) groups is 1. The van der Waals surface area contributed by atoms with Crippen LogP contribution in [0.5, 0.6) is 0 Å². The van der Waals surface area contributed by atoms with E-state index in [0.29, 0.717) is 21.7 Å². The Labute approximate surface area is 165 Å². The summed E-state index contributed by atoms with van der Waals surface area (Å²) in [6, 6.07) is 12.2. The van der Waals surface area contributed by atoms with Crippen LogP contribution in [-0.4, -0.2) is 24.4 Å². The third-order valence-electron chi connectivity index (χ3n) is 3.76. The zero-order valence-corrected chi connectivity index (χ0v) is 16.9. The Bertz CT molecular complexity index is 916. The number of hydrogen-bond acceptors (Lipinski definition) is 7. The Morgan fingerprint density at radius 2 is 2.04 bits per heavy atom. The first-order valence-corrected chi connectivity index (χ1v) is 10.0. The summed E-state index contributed by atoms with van der Waals surface area (Å²) in [4.78, 5) is 17.1. The van der Waals surface area contributed by atoms with Crippen molar-refractivity contribution in [1.82, 2.24) is 4.98 Å². The van der Waals surface area contributed by atoms with Crippen molar-refractivity contribution < 1.29 is 9.53 Å². The Morgan fingerprint density at radius 1 is 1.26 bits per heavy atom. The second-order valence-electron chi connectivity index (χ2n) is 5.98. The first kappa shape index (κ1) is 19.1. The predicted octanol–water partition coefficient (Wildman–Crippen LogP) is 5.62. The second kappa shape index (κ2) is 8.79. The normalized spacial score (nSPS) is 11.1. The van der Waals surface area contributed by atoms with Crippen molar-refractivity contribution in [2.75, 3.05) is 17.9 Å². The van der Waals surface area contributed by atoms with Crippen molar-refractivity contribution in [3.8, 4) is 10.6 Å². The average molecular weight is 401 g/mol. The lowest BCUT2D eigenvalue weighted by molar-refractivity contribution is 0.187. The molecule has 27 heavy (non-hydrogen) atoms. The van der Waals surface area contributed by atoms with Gasteiger partial charge in [0.1, 0.15) is 10.7 Å². The van der Waals surface area contributed by atoms with Crippen LogP contribution in [-0.2, 0) is 4.74 Å². The fourth-order valence-corrected chi connectivity index (χ4v) is 3.91. The molecule has 6 nitrogen and oxygen atoms in total. The number of aromatic nitrogens is 1. The minimum Gasteiger partial charge on any atom is -0.453 e. The number of anilines is 2. The fraction of sp³-hybridized carbons (Fsp3) is 0.211. The number of thiophene rings is 1. The standard InChI is InChI=1S/C19H20N4O2S2/c1-12(2)14-8-6-13(7-9-14)11-20-23-18-21-16(15-5-4-10-26-15)17(27-18)22-19(24)25-3/h4-12H,1-3H3,(H,21,23)(H,22,24). The fourth-order valence-electron chi connectivity index (χ4n) is 2.31. The van der Waals surface area contributed by atoms with Gasteiger partial charge < -0.3 is 4.74 Å². The highest BCUT2D eigenvalue weighted by Gasteiger charge is 2.16. The molecule has 2 heterocycles. The second-order valence-corrected chi connectivity index (χ2v) is 7.93. The molecule has 0 unspecified atom stereocenters. The van der Waals surface area contributed by atoms with Crippen LogP contribution in [0.3, 0.4) is 0 Å². The molecule has 0 aliphatic carbocycles. The summed E-state index contributed by atoms with van der Waals surface area (Å²) in [5.74, 6) is 0.501. The summed E-state index contributed by atoms with van der Waals surface area (Å²) in [5.41, 5.74) is 5.91. The third kappa shape index (κ3) is 4.93. The Morgan fingerprint density at radius 3 is 2.67 bits per heavy atom. The zero-order chi connectivity index (χ0) is 19.2. The quantitative estimate of drug-likeness (QED) is 0.416. The number of rotatable bonds is 6. The van der Waals surface area contributed by atoms with Crippen molar-refractivity contribution in [3.63, 3.8) is 0 Å². The van der Waals surface area contributed by atoms with Gasteiger partial charge in [0.2, 0.25) is 5.13 Å². The van der Waals surface area contributed by atoms with Crippen LogP contribution >= 0.6 is 22.7 Å². The molecule has 3 rings (SSSR count). The lowest BCUT2D eigenvalue weighted by Gasteiger charge is -2.04. The van der Waals surface area contributed by atoms with Crippen LogP contribution in [0.2, 0.25) is 0 Å². The van der Waals surface area contributed by atoms with Crippen LogP contribution in [0.1, 0.15) is 30.9 Å². The van der Waals surface area contributed by atoms with Gasteiger partial charge in [0.15, 0.2) is 0 Å². The van der Waals surface area contributed by atoms with Crippen LogP contribution < -0.4 is 10.7 Å². The number of ether oxygens (including phenoxy) is 1. The highest BCUT2D eigenvalue weighted by Crippen LogP contribution is 2.38. The van der Waals surface area contributed by atoms with Crippen molar-refractivity contribution in [2.45, 2.75) is 19.8 Å². The third-order valence-corrected chi connectivity index (χ3v) is 5.51. The molecule has 0 aliphatic heterocycles. The van der Waals surface area contributed by atoms with Crippen LogP contribution in [0.15, 0.2) is 46.9 Å². The SMILES string of the molecule is COC(=O)Nc1sc(NN=Cc2ccc(C(C)C)cc2)nc1-c1cccs1. The molecule has 8 heteroatoms. The number of nitrogens with one attached hydrogen (secondary N) is 2. The minimum atomic E-state index is -0.531. The van der Waals surface area contributed by atoms with E-state index in [0.717, 1.165) is 10.4 Å². The molecule has 140 valence electrons. The first-order valence-electron chi connectivity index (χ1n) is 8.35. The van der Waals surface area contributed by atoms with E-state index in [2.05, 4.69) is 51.5 Å². The maximum absolute atomic E-state index is 11.6. The zero-order valence-electron chi connectivity index (χ0n) is 15.2. The van der Waals surface area contributed by atoms with Gasteiger partial charge in [-0.25, -0.2) is 9.78 Å². The van der Waals surface area contributed by atoms with Crippen molar-refractivity contribution in [1.29, 1.82) is 0 Å². The van der Waals surface area contributed by atoms with Gasteiger partial charge in [0.25, 0.3) is 0 Å². The molecule has 2 aromatic heterocycles. The van der Waals surface area contributed by atoms with E-state index >= 15 is 0 Å². The number of thiazole rings is 1. The van der Waals surface area contributed by atoms with Gasteiger partial charge >= 0.3 is 6.09 Å². The highest BCUT2D eigenvalue weighted by atomic mass is 32.1. The van der Waals surface area contributed by atoms with Crippen molar-refractivity contribution >= 4 is 45.1 Å². The predicted molar refractivity (Wildman–Crippen MR) is 113 cm³/mol. The summed E-state index contributed by atoms with van der Waals surface area (Å²) in [6.07, 6.45) is 1.21. The molecule has 0 spiro atoms. The minimum absolute atomic E-state index is 0.501. The number of hydrazone groups is 1. The summed E-state index contributed by atoms with van der Waals surface area (Å²) < 4.78 is 4.68. The highest BCUT2D eigenvalue weighted by molar-refractivity contribution is 7.21. The molecule has 0 saturated heterocycles. The Balaban J connectivity index is 1.74. The number of methoxy groups -OCH3 is 1. The monoisotopic (exact) mass is 400 g/mol. The summed E-state index contributed by atoms with van der Waals surface area (Å²) >= 11 is 2.85. The number of amides is 1. The largest absolute Gasteiger partial charge is 0.453 e. The van der Waals surface area contributed by atoms with Gasteiger partial charge in [-0.1, -0.05) is 55.5 Å². The van der Waals surface area contributed by atoms with E-state index in [1.807, 2.05) is 29.6 Å². The topological polar surface area (TPSA) is 75.6 Å². The van der Waals surface area contributed by atoms with Gasteiger partial charge in [-0.05, 0) is 28.5 Å². The van der Waals surface area contributed by atoms with Crippen LogP contribution in [0.25, 0.3) is 10.6 Å². The molecule has 2 N–H and O–H groups in total. The van der Waals surface area contributed by atoms with Crippen molar-refractivity contribution in [3.05, 3.63) is 52.9 Å². The van der Waals surface area contributed by atoms with Gasteiger partial charge in [-0.3, -0.25) is 10.7 Å². The summed E-state index contributed by atoms with van der Waals surface area (Å²) in [7, 11) is 1.33. The molecule has 0 aliphatic rings. The Hall–Kier alpha value is -2.71. The molecular formula is C19H20N4O2S2. The van der Waals surface area contributed by atoms with E-state index in [9.17, 15) is 4.79 Å². The van der Waals surface area contributed by atoms with E-state index in [1.54, 1.807) is 17.6 Å². The van der Waals surface area contributed by atoms with Crippen molar-refractivity contribution in [2.24, 2.45) is 5.10 Å².